The molecule has 12 heteroatoms. The molecule has 5 N–H and O–H groups in total. The van der Waals surface area contributed by atoms with E-state index in [4.69, 9.17) is 10.5 Å². The van der Waals surface area contributed by atoms with Crippen molar-refractivity contribution in [3.05, 3.63) is 59.7 Å². The lowest BCUT2D eigenvalue weighted by Crippen LogP contribution is -2.61. The first-order valence-electron chi connectivity index (χ1n) is 18.6. The van der Waals surface area contributed by atoms with Crippen molar-refractivity contribution in [3.8, 4) is 0 Å². The lowest BCUT2D eigenvalue weighted by molar-refractivity contribution is -0.146. The van der Waals surface area contributed by atoms with E-state index in [1.807, 2.05) is 70.2 Å². The molecular weight excluding hydrogens is 662 g/mol. The molecular formula is C40H55N5O7. The van der Waals surface area contributed by atoms with Gasteiger partial charge in [-0.3, -0.25) is 19.2 Å². The molecule has 1 heterocycles. The van der Waals surface area contributed by atoms with Crippen LogP contribution in [-0.4, -0.2) is 71.1 Å². The number of carbonyl (C=O) groups is 6. The number of ether oxygens (including phenoxy) is 1. The van der Waals surface area contributed by atoms with Crippen LogP contribution >= 0.6 is 0 Å². The van der Waals surface area contributed by atoms with E-state index in [9.17, 15) is 28.8 Å². The van der Waals surface area contributed by atoms with Gasteiger partial charge in [0.15, 0.2) is 6.04 Å². The van der Waals surface area contributed by atoms with Gasteiger partial charge in [0.2, 0.25) is 17.6 Å². The van der Waals surface area contributed by atoms with Gasteiger partial charge in [-0.1, -0.05) is 109 Å². The fraction of sp³-hybridized carbons (Fsp3) is 0.600. The minimum Gasteiger partial charge on any atom is -0.459 e. The Labute approximate surface area is 306 Å². The normalized spacial score (nSPS) is 25.2. The fourth-order valence-electron chi connectivity index (χ4n) is 8.15. The molecule has 0 aromatic heterocycles. The summed E-state index contributed by atoms with van der Waals surface area (Å²) >= 11 is 0. The standard InChI is InChI=1S/C40H55N5O7/c1-23-12-10-17-26(18-23)30(37(50)52-22-25-13-8-7-9-14-25)43-38(51)44-33(39(2,3)4)36(49)45-21-28-27(20-40(28,5)6)31(45)35(48)42-29(32(46)34(41)47)19-24-15-11-16-24/h7-10,13-14,17-18,23-24,27-31,33H,11-12,15-16,19-22H2,1-6H3,(H2,41,47)(H,42,48)(H2,43,44,51)/t23?,27-,28-,29?,30+,31-,33+/m0/s1. The number of fused-ring (bicyclic) bond motifs is 1. The summed E-state index contributed by atoms with van der Waals surface area (Å²) < 4.78 is 5.64. The molecule has 12 nitrogen and oxygen atoms in total. The second-order valence-corrected chi connectivity index (χ2v) is 16.9. The second-order valence-electron chi connectivity index (χ2n) is 16.9. The van der Waals surface area contributed by atoms with Crippen LogP contribution in [0.25, 0.3) is 0 Å². The molecule has 3 fully saturated rings. The molecule has 7 atom stereocenters. The molecule has 52 heavy (non-hydrogen) atoms. The average Bonchev–Trinajstić information content (AvgIpc) is 3.40. The second kappa shape index (κ2) is 15.6. The summed E-state index contributed by atoms with van der Waals surface area (Å²) in [5.74, 6) is -3.32. The van der Waals surface area contributed by atoms with Crippen molar-refractivity contribution >= 4 is 35.5 Å². The number of carbonyl (C=O) groups excluding carboxylic acids is 6. The molecule has 5 amide bonds. The van der Waals surface area contributed by atoms with Crippen LogP contribution in [0.1, 0.15) is 85.6 Å². The van der Waals surface area contributed by atoms with Gasteiger partial charge in [0.25, 0.3) is 5.91 Å². The summed E-state index contributed by atoms with van der Waals surface area (Å²) in [7, 11) is 0. The van der Waals surface area contributed by atoms with Crippen molar-refractivity contribution in [2.24, 2.45) is 40.2 Å². The van der Waals surface area contributed by atoms with Crippen LogP contribution in [0, 0.1) is 34.5 Å². The van der Waals surface area contributed by atoms with Gasteiger partial charge in [-0.25, -0.2) is 9.59 Å². The van der Waals surface area contributed by atoms with Crippen molar-refractivity contribution in [3.63, 3.8) is 0 Å². The Balaban J connectivity index is 1.35. The van der Waals surface area contributed by atoms with Crippen LogP contribution in [0.3, 0.4) is 0 Å². The number of nitrogens with two attached hydrogens (primary N) is 1. The third kappa shape index (κ3) is 8.75. The lowest BCUT2D eigenvalue weighted by Gasteiger charge is -2.48. The molecule has 1 aromatic rings. The number of nitrogens with zero attached hydrogens (tertiary/aromatic N) is 1. The van der Waals surface area contributed by atoms with Crippen LogP contribution < -0.4 is 21.7 Å². The topological polar surface area (TPSA) is 177 Å². The van der Waals surface area contributed by atoms with E-state index in [1.54, 1.807) is 6.08 Å². The Bertz CT molecular complexity index is 1610. The highest BCUT2D eigenvalue weighted by Gasteiger charge is 2.61. The minimum atomic E-state index is -1.13. The first-order chi connectivity index (χ1) is 24.5. The summed E-state index contributed by atoms with van der Waals surface area (Å²) in [6.07, 6.45) is 10.3. The van der Waals surface area contributed by atoms with Crippen LogP contribution in [-0.2, 0) is 35.3 Å². The number of allylic oxidation sites excluding steroid dienone is 2. The number of primary amides is 1. The van der Waals surface area contributed by atoms with Gasteiger partial charge in [-0.05, 0) is 64.9 Å². The van der Waals surface area contributed by atoms with Crippen molar-refractivity contribution in [1.29, 1.82) is 0 Å². The van der Waals surface area contributed by atoms with Crippen LogP contribution in [0.5, 0.6) is 0 Å². The SMILES string of the molecule is CC1C=C([C@@H](NC(=O)N[C@H](C(=O)N2C[C@H]3[C@H](CC3(C)C)[C@H]2C(=O)NC(CC2CCC2)C(=O)C(N)=O)C(C)(C)C)C(=O)OCc2ccccc2)C=CC1. The summed E-state index contributed by atoms with van der Waals surface area (Å²) in [5, 5.41) is 8.42. The van der Waals surface area contributed by atoms with E-state index in [2.05, 4.69) is 29.8 Å². The number of Topliss-reactive ketones (excluding diaryl/α,β-unsaturated/α-hetero) is 1. The maximum absolute atomic E-state index is 14.6. The zero-order chi connectivity index (χ0) is 38.0. The van der Waals surface area contributed by atoms with Gasteiger partial charge in [-0.15, -0.1) is 0 Å². The highest BCUT2D eigenvalue weighted by Crippen LogP contribution is 2.57. The number of hydrogen-bond donors (Lipinski definition) is 4. The van der Waals surface area contributed by atoms with Crippen molar-refractivity contribution < 1.29 is 33.5 Å². The Morgan fingerprint density at radius 1 is 1.02 bits per heavy atom. The van der Waals surface area contributed by atoms with Crippen LogP contribution in [0.15, 0.2) is 54.1 Å². The summed E-state index contributed by atoms with van der Waals surface area (Å²) in [6.45, 7) is 12.0. The van der Waals surface area contributed by atoms with Gasteiger partial charge < -0.3 is 31.3 Å². The van der Waals surface area contributed by atoms with Crippen LogP contribution in [0.4, 0.5) is 4.79 Å². The highest BCUT2D eigenvalue weighted by atomic mass is 16.5. The van der Waals surface area contributed by atoms with E-state index in [0.29, 0.717) is 25.0 Å². The molecule has 3 aliphatic carbocycles. The number of nitrogens with one attached hydrogen (secondary N) is 3. The smallest absolute Gasteiger partial charge is 0.333 e. The number of urea groups is 1. The van der Waals surface area contributed by atoms with Gasteiger partial charge in [0.1, 0.15) is 18.7 Å². The molecule has 282 valence electrons. The Morgan fingerprint density at radius 2 is 1.71 bits per heavy atom. The lowest BCUT2D eigenvalue weighted by atomic mass is 9.55. The zero-order valence-electron chi connectivity index (χ0n) is 31.3. The number of ketones is 1. The number of benzene rings is 1. The average molecular weight is 718 g/mol. The summed E-state index contributed by atoms with van der Waals surface area (Å²) in [5.41, 5.74) is 5.83. The molecule has 0 radical (unpaired) electrons. The van der Waals surface area contributed by atoms with E-state index in [1.165, 1.54) is 4.90 Å². The number of hydrogen-bond acceptors (Lipinski definition) is 7. The third-order valence-corrected chi connectivity index (χ3v) is 11.4. The molecule has 0 spiro atoms. The molecule has 4 aliphatic rings. The van der Waals surface area contributed by atoms with E-state index >= 15 is 0 Å². The van der Waals surface area contributed by atoms with Gasteiger partial charge in [-0.2, -0.15) is 0 Å². The molecule has 1 saturated heterocycles. The predicted octanol–water partition coefficient (Wildman–Crippen LogP) is 3.94. The van der Waals surface area contributed by atoms with Crippen molar-refractivity contribution in [2.45, 2.75) is 111 Å². The largest absolute Gasteiger partial charge is 0.459 e. The van der Waals surface area contributed by atoms with Gasteiger partial charge in [0.05, 0.1) is 6.04 Å². The first kappa shape index (κ1) is 38.7. The summed E-state index contributed by atoms with van der Waals surface area (Å²) in [6, 6.07) is 4.33. The monoisotopic (exact) mass is 717 g/mol. The van der Waals surface area contributed by atoms with E-state index in [0.717, 1.165) is 31.2 Å². The van der Waals surface area contributed by atoms with E-state index in [-0.39, 0.29) is 35.7 Å². The van der Waals surface area contributed by atoms with Gasteiger partial charge >= 0.3 is 12.0 Å². The Morgan fingerprint density at radius 3 is 2.29 bits per heavy atom. The molecule has 1 aliphatic heterocycles. The van der Waals surface area contributed by atoms with Gasteiger partial charge in [0, 0.05) is 6.54 Å². The number of rotatable bonds is 13. The fourth-order valence-corrected chi connectivity index (χ4v) is 8.15. The molecule has 0 bridgehead atoms. The molecule has 1 aromatic carbocycles. The maximum atomic E-state index is 14.6. The Hall–Kier alpha value is -4.48. The zero-order valence-corrected chi connectivity index (χ0v) is 31.3. The minimum absolute atomic E-state index is 0.0225. The number of likely N-dealkylation sites (tertiary alicyclic amines) is 1. The highest BCUT2D eigenvalue weighted by molar-refractivity contribution is 6.37. The number of amides is 5. The number of esters is 1. The summed E-state index contributed by atoms with van der Waals surface area (Å²) in [4.78, 5) is 82.3. The molecule has 5 rings (SSSR count). The third-order valence-electron chi connectivity index (χ3n) is 11.4. The Kier molecular flexibility index (Phi) is 11.6. The van der Waals surface area contributed by atoms with Crippen LogP contribution in [0.2, 0.25) is 0 Å². The quantitative estimate of drug-likeness (QED) is 0.177. The van der Waals surface area contributed by atoms with E-state index < -0.39 is 65.1 Å². The predicted molar refractivity (Wildman–Crippen MR) is 195 cm³/mol. The molecule has 2 unspecified atom stereocenters. The first-order valence-corrected chi connectivity index (χ1v) is 18.6. The maximum Gasteiger partial charge on any atom is 0.333 e. The molecule has 2 saturated carbocycles. The van der Waals surface area contributed by atoms with Crippen molar-refractivity contribution in [1.82, 2.24) is 20.9 Å². The van der Waals surface area contributed by atoms with Crippen molar-refractivity contribution in [2.75, 3.05) is 6.54 Å².